The van der Waals surface area contributed by atoms with Gasteiger partial charge in [-0.25, -0.2) is 8.78 Å². The average molecular weight is 886 g/mol. The number of piperazine rings is 1. The molecule has 1 saturated heterocycles. The van der Waals surface area contributed by atoms with E-state index >= 15 is 0 Å². The molecule has 63 heavy (non-hydrogen) atoms. The third kappa shape index (κ3) is 20.9. The molecule has 2 amide bonds. The molecule has 4 aromatic carbocycles. The van der Waals surface area contributed by atoms with Crippen LogP contribution in [0.25, 0.3) is 6.08 Å². The predicted octanol–water partition coefficient (Wildman–Crippen LogP) is 12.7. The maximum Gasteiger partial charge on any atom is 0.416 e. The van der Waals surface area contributed by atoms with Crippen molar-refractivity contribution in [3.05, 3.63) is 173 Å². The summed E-state index contributed by atoms with van der Waals surface area (Å²) in [6.07, 6.45) is 1.77. The normalized spacial score (nSPS) is 13.3. The first-order valence-corrected chi connectivity index (χ1v) is 20.8. The molecule has 1 atom stereocenters. The SMILES string of the molecule is C=CC.C=CC.CC(F)(F)F.CCCCCc1ccc(CN(C(=O)/C=C/c2ccc(C(F)(F)F)cc2)[C@@H](Cc2ccc(F)c(F)c2)C(=O)N2CCN(Cc3ccccc3)CC2)cc1. The molecule has 0 aliphatic carbocycles. The van der Waals surface area contributed by atoms with Crippen molar-refractivity contribution in [1.82, 2.24) is 14.7 Å². The Balaban J connectivity index is 0.00000111. The van der Waals surface area contributed by atoms with Gasteiger partial charge in [-0.1, -0.05) is 105 Å². The number of allylic oxidation sites excluding steroid dienone is 2. The molecule has 0 bridgehead atoms. The van der Waals surface area contributed by atoms with E-state index in [1.807, 2.05) is 56.3 Å². The first-order chi connectivity index (χ1) is 29.8. The topological polar surface area (TPSA) is 43.9 Å². The van der Waals surface area contributed by atoms with Crippen molar-refractivity contribution >= 4 is 17.9 Å². The highest BCUT2D eigenvalue weighted by molar-refractivity contribution is 5.95. The van der Waals surface area contributed by atoms with Gasteiger partial charge in [0.15, 0.2) is 11.6 Å². The molecule has 5 nitrogen and oxygen atoms in total. The molecule has 1 aliphatic heterocycles. The quantitative estimate of drug-likeness (QED) is 0.0548. The molecule has 1 fully saturated rings. The Bertz CT molecular complexity index is 1980. The molecule has 0 aromatic heterocycles. The van der Waals surface area contributed by atoms with Crippen molar-refractivity contribution in [3.63, 3.8) is 0 Å². The van der Waals surface area contributed by atoms with Gasteiger partial charge in [-0.2, -0.15) is 26.3 Å². The summed E-state index contributed by atoms with van der Waals surface area (Å²) in [4.78, 5) is 34.0. The number of hydrogen-bond acceptors (Lipinski definition) is 3. The molecule has 0 radical (unpaired) electrons. The number of carbonyl (C=O) groups excluding carboxylic acids is 2. The average Bonchev–Trinajstić information content (AvgIpc) is 3.23. The summed E-state index contributed by atoms with van der Waals surface area (Å²) >= 11 is 0. The van der Waals surface area contributed by atoms with E-state index < -0.39 is 41.5 Å². The van der Waals surface area contributed by atoms with Gasteiger partial charge in [0.2, 0.25) is 11.8 Å². The molecule has 0 unspecified atom stereocenters. The number of rotatable bonds is 14. The second kappa shape index (κ2) is 27.5. The van der Waals surface area contributed by atoms with Gasteiger partial charge >= 0.3 is 12.4 Å². The Kier molecular flexibility index (Phi) is 23.4. The number of alkyl halides is 6. The summed E-state index contributed by atoms with van der Waals surface area (Å²) in [6.45, 7) is 15.6. The molecule has 5 rings (SSSR count). The molecule has 1 heterocycles. The van der Waals surface area contributed by atoms with E-state index in [2.05, 4.69) is 37.1 Å². The number of amides is 2. The van der Waals surface area contributed by atoms with Gasteiger partial charge in [-0.05, 0) is 84.8 Å². The lowest BCUT2D eigenvalue weighted by Gasteiger charge is -2.39. The van der Waals surface area contributed by atoms with Crippen molar-refractivity contribution in [2.75, 3.05) is 26.2 Å². The number of hydrogen-bond donors (Lipinski definition) is 0. The molecule has 0 saturated carbocycles. The minimum Gasteiger partial charge on any atom is -0.338 e. The summed E-state index contributed by atoms with van der Waals surface area (Å²) in [5.41, 5.74) is 2.99. The smallest absolute Gasteiger partial charge is 0.338 e. The number of nitrogens with zero attached hydrogens (tertiary/aromatic N) is 3. The largest absolute Gasteiger partial charge is 0.416 e. The van der Waals surface area contributed by atoms with E-state index in [0.29, 0.717) is 37.3 Å². The number of carbonyl (C=O) groups is 2. The van der Waals surface area contributed by atoms with E-state index in [1.165, 1.54) is 35.3 Å². The fourth-order valence-electron chi connectivity index (χ4n) is 6.37. The van der Waals surface area contributed by atoms with Crippen LogP contribution in [0.15, 0.2) is 128 Å². The standard InChI is InChI=1S/C42H44F5N3O2.2C3H6.C2H3F3/c1-2-3-5-8-31-11-13-34(14-12-31)30-50(40(51)22-18-32-15-19-36(20-16-32)42(45,46)47)39(28-35-17-21-37(43)38(44)27-35)41(52)49-25-23-48(24-26-49)29-33-9-6-4-7-10-33;2*1-3-2;1-2(3,4)5/h4,6-7,9-22,27,39H,2-3,5,8,23-26,28-30H2,1H3;2*3H,1H2,2H3;1H3/b22-18+;;;/t39-;;;/m0.../s1. The molecule has 342 valence electrons. The maximum atomic E-state index is 14.5. The van der Waals surface area contributed by atoms with Gasteiger partial charge in [0.05, 0.1) is 5.56 Å². The Morgan fingerprint density at radius 3 is 1.79 bits per heavy atom. The lowest BCUT2D eigenvalue weighted by atomic mass is 10.0. The molecular weight excluding hydrogens is 827 g/mol. The molecule has 0 spiro atoms. The van der Waals surface area contributed by atoms with Gasteiger partial charge in [-0.3, -0.25) is 14.5 Å². The zero-order valence-electron chi connectivity index (χ0n) is 36.5. The highest BCUT2D eigenvalue weighted by Crippen LogP contribution is 2.29. The van der Waals surface area contributed by atoms with E-state index in [4.69, 9.17) is 0 Å². The molecule has 1 aliphatic rings. The number of benzene rings is 4. The zero-order chi connectivity index (χ0) is 47.0. The third-order valence-electron chi connectivity index (χ3n) is 9.39. The zero-order valence-corrected chi connectivity index (χ0v) is 36.5. The Morgan fingerprint density at radius 2 is 1.27 bits per heavy atom. The van der Waals surface area contributed by atoms with Gasteiger partial charge in [0, 0.05) is 58.7 Å². The van der Waals surface area contributed by atoms with Crippen LogP contribution in [0.2, 0.25) is 0 Å². The van der Waals surface area contributed by atoms with Crippen molar-refractivity contribution in [1.29, 1.82) is 0 Å². The summed E-state index contributed by atoms with van der Waals surface area (Å²) in [6, 6.07) is 24.7. The second-order valence-corrected chi connectivity index (χ2v) is 14.8. The number of halogens is 8. The van der Waals surface area contributed by atoms with Crippen LogP contribution < -0.4 is 0 Å². The highest BCUT2D eigenvalue weighted by atomic mass is 19.4. The summed E-state index contributed by atoms with van der Waals surface area (Å²) in [5.74, 6) is -2.95. The first-order valence-electron chi connectivity index (χ1n) is 20.8. The lowest BCUT2D eigenvalue weighted by molar-refractivity contribution is -0.145. The molecule has 13 heteroatoms. The Morgan fingerprint density at radius 1 is 0.730 bits per heavy atom. The molecular formula is C50H59F8N3O2. The van der Waals surface area contributed by atoms with E-state index in [1.54, 1.807) is 17.1 Å². The van der Waals surface area contributed by atoms with Crippen molar-refractivity contribution in [3.8, 4) is 0 Å². The molecule has 4 aromatic rings. The van der Waals surface area contributed by atoms with Crippen molar-refractivity contribution in [2.24, 2.45) is 0 Å². The van der Waals surface area contributed by atoms with E-state index in [9.17, 15) is 44.7 Å². The summed E-state index contributed by atoms with van der Waals surface area (Å²) < 4.78 is 98.9. The maximum absolute atomic E-state index is 14.5. The minimum absolute atomic E-state index is 0.0412. The fourth-order valence-corrected chi connectivity index (χ4v) is 6.37. The monoisotopic (exact) mass is 885 g/mol. The van der Waals surface area contributed by atoms with Crippen LogP contribution in [-0.4, -0.2) is 64.9 Å². The van der Waals surface area contributed by atoms with Crippen LogP contribution in [-0.2, 0) is 41.7 Å². The first kappa shape index (κ1) is 53.6. The van der Waals surface area contributed by atoms with Crippen LogP contribution in [0, 0.1) is 11.6 Å². The fraction of sp³-hybridized carbons (Fsp3) is 0.360. The molecule has 0 N–H and O–H groups in total. The minimum atomic E-state index is -4.50. The van der Waals surface area contributed by atoms with Crippen molar-refractivity contribution in [2.45, 2.75) is 91.3 Å². The second-order valence-electron chi connectivity index (χ2n) is 14.8. The third-order valence-corrected chi connectivity index (χ3v) is 9.39. The van der Waals surface area contributed by atoms with Crippen LogP contribution in [0.1, 0.15) is 80.3 Å². The van der Waals surface area contributed by atoms with Crippen LogP contribution in [0.3, 0.4) is 0 Å². The van der Waals surface area contributed by atoms with Gasteiger partial charge in [0.1, 0.15) is 6.04 Å². The van der Waals surface area contributed by atoms with E-state index in [-0.39, 0.29) is 25.8 Å². The Hall–Kier alpha value is -5.56. The van der Waals surface area contributed by atoms with Crippen LogP contribution in [0.5, 0.6) is 0 Å². The van der Waals surface area contributed by atoms with Gasteiger partial charge in [-0.15, -0.1) is 13.2 Å². The summed E-state index contributed by atoms with van der Waals surface area (Å²) in [7, 11) is 0. The number of aryl methyl sites for hydroxylation is 1. The van der Waals surface area contributed by atoms with Crippen molar-refractivity contribution < 1.29 is 44.7 Å². The highest BCUT2D eigenvalue weighted by Gasteiger charge is 2.35. The van der Waals surface area contributed by atoms with Gasteiger partial charge in [0.25, 0.3) is 0 Å². The van der Waals surface area contributed by atoms with Crippen LogP contribution >= 0.6 is 0 Å². The predicted molar refractivity (Wildman–Crippen MR) is 236 cm³/mol. The number of unbranched alkanes of at least 4 members (excludes halogenated alkanes) is 2. The Labute approximate surface area is 367 Å². The van der Waals surface area contributed by atoms with E-state index in [0.717, 1.165) is 73.2 Å². The lowest BCUT2D eigenvalue weighted by Crippen LogP contribution is -2.56. The van der Waals surface area contributed by atoms with Gasteiger partial charge < -0.3 is 9.80 Å². The summed E-state index contributed by atoms with van der Waals surface area (Å²) in [5, 5.41) is 0. The van der Waals surface area contributed by atoms with Crippen LogP contribution in [0.4, 0.5) is 35.1 Å².